The van der Waals surface area contributed by atoms with E-state index < -0.39 is 10.1 Å². The molecule has 0 unspecified atom stereocenters. The van der Waals surface area contributed by atoms with Gasteiger partial charge in [-0.2, -0.15) is 8.42 Å². The van der Waals surface area contributed by atoms with Crippen LogP contribution < -0.4 is 6.15 Å². The molecule has 122 valence electrons. The number of carbonyl (C=O) groups is 1. The average molecular weight is 317 g/mol. The van der Waals surface area contributed by atoms with Gasteiger partial charge in [-0.3, -0.25) is 4.55 Å². The molecular weight excluding hydrogens is 290 g/mol. The third kappa shape index (κ3) is 12.2. The summed E-state index contributed by atoms with van der Waals surface area (Å²) in [5.41, 5.74) is 0.956. The maximum atomic E-state index is 10.5. The van der Waals surface area contributed by atoms with E-state index in [9.17, 15) is 13.2 Å². The van der Waals surface area contributed by atoms with Crippen molar-refractivity contribution in [2.45, 2.75) is 51.3 Å². The summed E-state index contributed by atoms with van der Waals surface area (Å²) in [6.45, 7) is 6.26. The van der Waals surface area contributed by atoms with Crippen molar-refractivity contribution in [3.8, 4) is 0 Å². The highest BCUT2D eigenvalue weighted by molar-refractivity contribution is 7.85. The molecule has 0 aliphatic carbocycles. The lowest BCUT2D eigenvalue weighted by Crippen LogP contribution is -1.96. The van der Waals surface area contributed by atoms with Gasteiger partial charge in [0.15, 0.2) is 0 Å². The molecule has 0 aliphatic rings. The van der Waals surface area contributed by atoms with Gasteiger partial charge in [-0.25, -0.2) is 0 Å². The predicted molar refractivity (Wildman–Crippen MR) is 85.4 cm³/mol. The van der Waals surface area contributed by atoms with Gasteiger partial charge in [-0.05, 0) is 31.4 Å². The summed E-state index contributed by atoms with van der Waals surface area (Å²) < 4.78 is 29.6. The minimum absolute atomic E-state index is 0. The number of carbonyl (C=O) groups excluding carboxylic acids is 1. The van der Waals surface area contributed by atoms with Gasteiger partial charge in [0, 0.05) is 6.42 Å². The van der Waals surface area contributed by atoms with Gasteiger partial charge in [0.2, 0.25) is 0 Å². The monoisotopic (exact) mass is 317 g/mol. The number of hydrogen-bond acceptors (Lipinski definition) is 4. The highest BCUT2D eigenvalue weighted by atomic mass is 32.2. The third-order valence-electron chi connectivity index (χ3n) is 2.67. The number of aryl methyl sites for hydroxylation is 1. The number of rotatable bonds is 6. The zero-order valence-corrected chi connectivity index (χ0v) is 13.9. The maximum Gasteiger partial charge on any atom is 0.294 e. The van der Waals surface area contributed by atoms with Gasteiger partial charge >= 0.3 is 0 Å². The third-order valence-corrected chi connectivity index (χ3v) is 3.54. The van der Waals surface area contributed by atoms with E-state index in [1.54, 1.807) is 12.1 Å². The first-order valence-corrected chi connectivity index (χ1v) is 8.19. The summed E-state index contributed by atoms with van der Waals surface area (Å²) in [6, 6.07) is 5.99. The molecule has 0 fully saturated rings. The fourth-order valence-corrected chi connectivity index (χ4v) is 1.97. The molecule has 0 spiro atoms. The molecule has 0 aromatic heterocycles. The van der Waals surface area contributed by atoms with Crippen molar-refractivity contribution in [1.82, 2.24) is 6.15 Å². The van der Waals surface area contributed by atoms with Crippen LogP contribution in [0, 0.1) is 12.8 Å². The lowest BCUT2D eigenvalue weighted by molar-refractivity contribution is -0.107. The zero-order chi connectivity index (χ0) is 15.6. The standard InChI is InChI=1S/C8H16O.C7H8O3S.H3N/c1-8(2)6-4-3-5-7-9;1-6-2-4-7(5-3-6)11(8,9)10;/h7-8H,3-6H2,1-2H3;2-5H,1H3,(H,8,9,10);1H3. The molecule has 0 saturated carbocycles. The fraction of sp³-hybridized carbons (Fsp3) is 0.533. The van der Waals surface area contributed by atoms with Crippen LogP contribution in [0.4, 0.5) is 0 Å². The Morgan fingerprint density at radius 2 is 1.67 bits per heavy atom. The number of benzene rings is 1. The van der Waals surface area contributed by atoms with Gasteiger partial charge in [-0.1, -0.05) is 44.4 Å². The molecule has 0 atom stereocenters. The van der Waals surface area contributed by atoms with E-state index in [2.05, 4.69) is 13.8 Å². The second-order valence-electron chi connectivity index (χ2n) is 5.13. The van der Waals surface area contributed by atoms with Gasteiger partial charge in [0.25, 0.3) is 10.1 Å². The molecule has 1 rings (SSSR count). The molecule has 6 heteroatoms. The first-order chi connectivity index (χ1) is 9.27. The van der Waals surface area contributed by atoms with E-state index >= 15 is 0 Å². The van der Waals surface area contributed by atoms with Crippen molar-refractivity contribution in [1.29, 1.82) is 0 Å². The van der Waals surface area contributed by atoms with E-state index in [0.29, 0.717) is 0 Å². The summed E-state index contributed by atoms with van der Waals surface area (Å²) in [6.07, 6.45) is 5.28. The van der Waals surface area contributed by atoms with Crippen LogP contribution in [-0.4, -0.2) is 19.3 Å². The molecule has 5 nitrogen and oxygen atoms in total. The summed E-state index contributed by atoms with van der Waals surface area (Å²) in [5, 5.41) is 0. The first kappa shape index (κ1) is 22.0. The smallest absolute Gasteiger partial charge is 0.294 e. The molecule has 21 heavy (non-hydrogen) atoms. The lowest BCUT2D eigenvalue weighted by Gasteiger charge is -2.00. The van der Waals surface area contributed by atoms with Crippen molar-refractivity contribution in [3.63, 3.8) is 0 Å². The van der Waals surface area contributed by atoms with Crippen LogP contribution in [0.3, 0.4) is 0 Å². The van der Waals surface area contributed by atoms with Crippen LogP contribution in [-0.2, 0) is 14.9 Å². The molecule has 0 bridgehead atoms. The van der Waals surface area contributed by atoms with Crippen molar-refractivity contribution < 1.29 is 17.8 Å². The Morgan fingerprint density at radius 3 is 2.05 bits per heavy atom. The Labute approximate surface area is 128 Å². The van der Waals surface area contributed by atoms with E-state index in [-0.39, 0.29) is 11.0 Å². The number of unbranched alkanes of at least 4 members (excludes halogenated alkanes) is 2. The summed E-state index contributed by atoms with van der Waals surface area (Å²) in [4.78, 5) is 9.78. The van der Waals surface area contributed by atoms with E-state index in [1.807, 2.05) is 6.92 Å². The topological polar surface area (TPSA) is 106 Å². The van der Waals surface area contributed by atoms with Gasteiger partial charge < -0.3 is 10.9 Å². The lowest BCUT2D eigenvalue weighted by atomic mass is 10.1. The minimum atomic E-state index is -4.02. The fourth-order valence-electron chi connectivity index (χ4n) is 1.49. The predicted octanol–water partition coefficient (Wildman–Crippen LogP) is 3.81. The first-order valence-electron chi connectivity index (χ1n) is 6.75. The number of aldehydes is 1. The van der Waals surface area contributed by atoms with Crippen molar-refractivity contribution in [2.75, 3.05) is 0 Å². The molecule has 0 heterocycles. The summed E-state index contributed by atoms with van der Waals surface area (Å²) in [5.74, 6) is 0.789. The van der Waals surface area contributed by atoms with Crippen LogP contribution in [0.15, 0.2) is 29.2 Å². The van der Waals surface area contributed by atoms with Crippen LogP contribution >= 0.6 is 0 Å². The SMILES string of the molecule is CC(C)CCCCC=O.Cc1ccc(S(=O)(=O)O)cc1.N. The van der Waals surface area contributed by atoms with Crippen molar-refractivity contribution in [2.24, 2.45) is 5.92 Å². The van der Waals surface area contributed by atoms with E-state index in [1.165, 1.54) is 25.0 Å². The molecule has 1 aromatic carbocycles. The largest absolute Gasteiger partial charge is 0.344 e. The average Bonchev–Trinajstić information content (AvgIpc) is 2.35. The normalized spacial score (nSPS) is 10.3. The molecule has 1 aromatic rings. The second-order valence-corrected chi connectivity index (χ2v) is 6.55. The maximum absolute atomic E-state index is 10.5. The molecule has 0 radical (unpaired) electrons. The summed E-state index contributed by atoms with van der Waals surface area (Å²) >= 11 is 0. The van der Waals surface area contributed by atoms with Crippen LogP contribution in [0.5, 0.6) is 0 Å². The minimum Gasteiger partial charge on any atom is -0.344 e. The highest BCUT2D eigenvalue weighted by Crippen LogP contribution is 2.08. The van der Waals surface area contributed by atoms with Crippen LogP contribution in [0.1, 0.15) is 45.1 Å². The zero-order valence-electron chi connectivity index (χ0n) is 13.1. The second kappa shape index (κ2) is 11.4. The molecular formula is C15H27NO4S. The van der Waals surface area contributed by atoms with Crippen molar-refractivity contribution >= 4 is 16.4 Å². The Morgan fingerprint density at radius 1 is 1.14 bits per heavy atom. The molecule has 0 saturated heterocycles. The highest BCUT2D eigenvalue weighted by Gasteiger charge is 2.06. The molecule has 0 amide bonds. The number of hydrogen-bond donors (Lipinski definition) is 2. The Kier molecular flexibility index (Phi) is 12.0. The van der Waals surface area contributed by atoms with Gasteiger partial charge in [0.1, 0.15) is 6.29 Å². The molecule has 4 N–H and O–H groups in total. The Hall–Kier alpha value is -1.24. The van der Waals surface area contributed by atoms with Crippen molar-refractivity contribution in [3.05, 3.63) is 29.8 Å². The summed E-state index contributed by atoms with van der Waals surface area (Å²) in [7, 11) is -4.02. The molecule has 0 aliphatic heterocycles. The van der Waals surface area contributed by atoms with Gasteiger partial charge in [0.05, 0.1) is 4.90 Å². The Balaban J connectivity index is 0. The quantitative estimate of drug-likeness (QED) is 0.471. The van der Waals surface area contributed by atoms with Gasteiger partial charge in [-0.15, -0.1) is 0 Å². The van der Waals surface area contributed by atoms with Crippen LogP contribution in [0.2, 0.25) is 0 Å². The van der Waals surface area contributed by atoms with E-state index in [0.717, 1.165) is 30.6 Å². The Bertz CT molecular complexity index is 481. The van der Waals surface area contributed by atoms with Crippen LogP contribution in [0.25, 0.3) is 0 Å². The van der Waals surface area contributed by atoms with E-state index in [4.69, 9.17) is 4.55 Å².